The van der Waals surface area contributed by atoms with E-state index in [9.17, 15) is 28.1 Å². The summed E-state index contributed by atoms with van der Waals surface area (Å²) in [5, 5.41) is 9.19. The first-order valence-corrected chi connectivity index (χ1v) is 5.07. The standard InChI is InChI=1S/C8H2BrClF3NO3/c9-6-3(8(11,12)13)1-2-4(14(16)17)5(6)7(10)15/h1-2H. The number of nitro benzene ring substituents is 1. The van der Waals surface area contributed by atoms with Gasteiger partial charge >= 0.3 is 6.18 Å². The fraction of sp³-hybridized carbons (Fsp3) is 0.125. The molecule has 1 aromatic carbocycles. The van der Waals surface area contributed by atoms with Crippen LogP contribution >= 0.6 is 27.5 Å². The Bertz CT molecular complexity index is 504. The first-order valence-electron chi connectivity index (χ1n) is 3.90. The molecule has 0 aliphatic rings. The van der Waals surface area contributed by atoms with E-state index in [2.05, 4.69) is 15.9 Å². The third kappa shape index (κ3) is 2.75. The number of hydrogen-bond acceptors (Lipinski definition) is 3. The second-order valence-corrected chi connectivity index (χ2v) is 3.99. The van der Waals surface area contributed by atoms with Crippen LogP contribution in [0.4, 0.5) is 18.9 Å². The van der Waals surface area contributed by atoms with Gasteiger partial charge in [0.05, 0.1) is 10.5 Å². The summed E-state index contributed by atoms with van der Waals surface area (Å²) in [6, 6.07) is 1.09. The van der Waals surface area contributed by atoms with Crippen LogP contribution in [0.3, 0.4) is 0 Å². The van der Waals surface area contributed by atoms with Gasteiger partial charge < -0.3 is 0 Å². The monoisotopic (exact) mass is 331 g/mol. The zero-order chi connectivity index (χ0) is 13.4. The summed E-state index contributed by atoms with van der Waals surface area (Å²) in [5.41, 5.74) is -2.80. The Morgan fingerprint density at radius 3 is 2.29 bits per heavy atom. The van der Waals surface area contributed by atoms with E-state index in [1.165, 1.54) is 0 Å². The van der Waals surface area contributed by atoms with E-state index < -0.39 is 37.6 Å². The van der Waals surface area contributed by atoms with E-state index in [1.54, 1.807) is 0 Å². The normalized spacial score (nSPS) is 11.4. The second kappa shape index (κ2) is 4.61. The van der Waals surface area contributed by atoms with Gasteiger partial charge in [-0.2, -0.15) is 13.2 Å². The number of carbonyl (C=O) groups excluding carboxylic acids is 1. The largest absolute Gasteiger partial charge is 0.417 e. The van der Waals surface area contributed by atoms with Crippen molar-refractivity contribution < 1.29 is 22.9 Å². The highest BCUT2D eigenvalue weighted by Crippen LogP contribution is 2.40. The lowest BCUT2D eigenvalue weighted by atomic mass is 10.1. The zero-order valence-electron chi connectivity index (χ0n) is 7.72. The van der Waals surface area contributed by atoms with E-state index >= 15 is 0 Å². The number of hydrogen-bond donors (Lipinski definition) is 0. The Labute approximate surface area is 106 Å². The highest BCUT2D eigenvalue weighted by atomic mass is 79.9. The quantitative estimate of drug-likeness (QED) is 0.471. The van der Waals surface area contributed by atoms with Crippen LogP contribution < -0.4 is 0 Å². The molecule has 0 bridgehead atoms. The predicted molar refractivity (Wildman–Crippen MR) is 56.0 cm³/mol. The fourth-order valence-corrected chi connectivity index (χ4v) is 2.17. The van der Waals surface area contributed by atoms with Crippen molar-refractivity contribution in [1.82, 2.24) is 0 Å². The van der Waals surface area contributed by atoms with Gasteiger partial charge in [-0.3, -0.25) is 14.9 Å². The lowest BCUT2D eigenvalue weighted by Gasteiger charge is -2.10. The molecule has 0 unspecified atom stereocenters. The Hall–Kier alpha value is -1.15. The van der Waals surface area contributed by atoms with Crippen molar-refractivity contribution in [3.8, 4) is 0 Å². The summed E-state index contributed by atoms with van der Waals surface area (Å²) in [4.78, 5) is 20.5. The third-order valence-electron chi connectivity index (χ3n) is 1.82. The van der Waals surface area contributed by atoms with Crippen molar-refractivity contribution in [2.75, 3.05) is 0 Å². The first-order chi connectivity index (χ1) is 7.66. The van der Waals surface area contributed by atoms with Crippen LogP contribution in [0.15, 0.2) is 16.6 Å². The van der Waals surface area contributed by atoms with Crippen LogP contribution in [0.5, 0.6) is 0 Å². The van der Waals surface area contributed by atoms with Crippen molar-refractivity contribution in [3.63, 3.8) is 0 Å². The fourth-order valence-electron chi connectivity index (χ4n) is 1.12. The molecule has 0 radical (unpaired) electrons. The van der Waals surface area contributed by atoms with Gasteiger partial charge in [0, 0.05) is 10.5 Å². The Kier molecular flexibility index (Phi) is 3.78. The van der Waals surface area contributed by atoms with E-state index in [-0.39, 0.29) is 0 Å². The van der Waals surface area contributed by atoms with E-state index in [4.69, 9.17) is 11.6 Å². The van der Waals surface area contributed by atoms with Crippen LogP contribution in [0.1, 0.15) is 15.9 Å². The van der Waals surface area contributed by atoms with Crippen LogP contribution in [0.2, 0.25) is 0 Å². The lowest BCUT2D eigenvalue weighted by Crippen LogP contribution is -2.10. The molecule has 0 atom stereocenters. The number of benzene rings is 1. The van der Waals surface area contributed by atoms with Gasteiger partial charge in [-0.1, -0.05) is 0 Å². The van der Waals surface area contributed by atoms with Gasteiger partial charge in [0.15, 0.2) is 0 Å². The highest BCUT2D eigenvalue weighted by molar-refractivity contribution is 9.10. The number of alkyl halides is 3. The molecule has 9 heteroatoms. The van der Waals surface area contributed by atoms with E-state index in [0.717, 1.165) is 0 Å². The lowest BCUT2D eigenvalue weighted by molar-refractivity contribution is -0.385. The minimum absolute atomic E-state index is 0.506. The SMILES string of the molecule is O=C(Cl)c1c([N+](=O)[O-])ccc(C(F)(F)F)c1Br. The molecule has 0 fully saturated rings. The summed E-state index contributed by atoms with van der Waals surface area (Å²) in [5.74, 6) is 0. The molecule has 0 saturated carbocycles. The zero-order valence-corrected chi connectivity index (χ0v) is 10.1. The van der Waals surface area contributed by atoms with Gasteiger partial charge in [-0.25, -0.2) is 0 Å². The number of nitrogens with zero attached hydrogens (tertiary/aromatic N) is 1. The smallest absolute Gasteiger partial charge is 0.275 e. The van der Waals surface area contributed by atoms with Gasteiger partial charge in [0.25, 0.3) is 10.9 Å². The summed E-state index contributed by atoms with van der Waals surface area (Å²) in [6.07, 6.45) is -4.74. The molecule has 0 heterocycles. The van der Waals surface area contributed by atoms with E-state index in [0.29, 0.717) is 12.1 Å². The molecule has 1 aromatic rings. The van der Waals surface area contributed by atoms with Crippen molar-refractivity contribution >= 4 is 38.5 Å². The average Bonchev–Trinajstić information content (AvgIpc) is 2.13. The maximum absolute atomic E-state index is 12.5. The third-order valence-corrected chi connectivity index (χ3v) is 2.83. The Morgan fingerprint density at radius 1 is 1.41 bits per heavy atom. The summed E-state index contributed by atoms with van der Waals surface area (Å²) >= 11 is 7.55. The molecule has 0 spiro atoms. The highest BCUT2D eigenvalue weighted by Gasteiger charge is 2.37. The molecular formula is C8H2BrClF3NO3. The van der Waals surface area contributed by atoms with Crippen LogP contribution in [0, 0.1) is 10.1 Å². The van der Waals surface area contributed by atoms with Crippen molar-refractivity contribution in [2.24, 2.45) is 0 Å². The molecular weight excluding hydrogens is 330 g/mol. The molecule has 4 nitrogen and oxygen atoms in total. The van der Waals surface area contributed by atoms with Gasteiger partial charge in [-0.05, 0) is 33.6 Å². The molecule has 0 aliphatic carbocycles. The molecule has 0 amide bonds. The van der Waals surface area contributed by atoms with Crippen LogP contribution in [0.25, 0.3) is 0 Å². The number of nitro groups is 1. The van der Waals surface area contributed by atoms with Crippen molar-refractivity contribution in [2.45, 2.75) is 6.18 Å². The number of halogens is 5. The molecule has 1 rings (SSSR count). The van der Waals surface area contributed by atoms with Crippen LogP contribution in [-0.4, -0.2) is 10.2 Å². The minimum Gasteiger partial charge on any atom is -0.275 e. The number of rotatable bonds is 2. The van der Waals surface area contributed by atoms with Crippen molar-refractivity contribution in [1.29, 1.82) is 0 Å². The maximum atomic E-state index is 12.5. The first kappa shape index (κ1) is 13.9. The molecule has 0 aliphatic heterocycles. The van der Waals surface area contributed by atoms with Crippen molar-refractivity contribution in [3.05, 3.63) is 37.8 Å². The van der Waals surface area contributed by atoms with Gasteiger partial charge in [-0.15, -0.1) is 0 Å². The van der Waals surface area contributed by atoms with Gasteiger partial charge in [0.1, 0.15) is 5.56 Å². The van der Waals surface area contributed by atoms with Gasteiger partial charge in [0.2, 0.25) is 0 Å². The molecule has 0 saturated heterocycles. The topological polar surface area (TPSA) is 60.2 Å². The minimum atomic E-state index is -4.74. The number of carbonyl (C=O) groups is 1. The average molecular weight is 332 g/mol. The molecule has 92 valence electrons. The Balaban J connectivity index is 3.61. The predicted octanol–water partition coefficient (Wildman–Crippen LogP) is 3.76. The summed E-state index contributed by atoms with van der Waals surface area (Å²) < 4.78 is 36.7. The molecule has 17 heavy (non-hydrogen) atoms. The van der Waals surface area contributed by atoms with E-state index in [1.807, 2.05) is 0 Å². The summed E-state index contributed by atoms with van der Waals surface area (Å²) in [6.45, 7) is 0. The molecule has 0 N–H and O–H groups in total. The van der Waals surface area contributed by atoms with Crippen LogP contribution in [-0.2, 0) is 6.18 Å². The Morgan fingerprint density at radius 2 is 1.94 bits per heavy atom. The second-order valence-electron chi connectivity index (χ2n) is 2.85. The summed E-state index contributed by atoms with van der Waals surface area (Å²) in [7, 11) is 0. The molecule has 0 aromatic heterocycles. The maximum Gasteiger partial charge on any atom is 0.417 e.